The molecule has 1 aromatic heterocycles. The Morgan fingerprint density at radius 2 is 2.31 bits per heavy atom. The molecule has 2 nitrogen and oxygen atoms in total. The summed E-state index contributed by atoms with van der Waals surface area (Å²) in [6, 6.07) is 2.92. The van der Waals surface area contributed by atoms with Crippen molar-refractivity contribution in [2.24, 2.45) is 0 Å². The Kier molecular flexibility index (Phi) is 3.35. The highest BCUT2D eigenvalue weighted by atomic mass is 32.1. The molecule has 0 aliphatic carbocycles. The average molecular weight is 196 g/mol. The molecule has 72 valence electrons. The van der Waals surface area contributed by atoms with Gasteiger partial charge in [0.25, 0.3) is 0 Å². The number of hydrogen-bond donors (Lipinski definition) is 2. The summed E-state index contributed by atoms with van der Waals surface area (Å²) in [7, 11) is 0. The van der Waals surface area contributed by atoms with Gasteiger partial charge in [-0.3, -0.25) is 0 Å². The predicted molar refractivity (Wildman–Crippen MR) is 57.1 cm³/mol. The highest BCUT2D eigenvalue weighted by Gasteiger charge is 2.11. The normalized spacial score (nSPS) is 19.1. The minimum Gasteiger partial charge on any atom is -0.317 e. The predicted octanol–water partition coefficient (Wildman–Crippen LogP) is 1.59. The van der Waals surface area contributed by atoms with Gasteiger partial charge in [0.1, 0.15) is 0 Å². The van der Waals surface area contributed by atoms with Crippen LogP contribution in [0.2, 0.25) is 0 Å². The Morgan fingerprint density at radius 3 is 3.00 bits per heavy atom. The van der Waals surface area contributed by atoms with Crippen LogP contribution in [0.1, 0.15) is 18.4 Å². The molecule has 0 saturated carbocycles. The molecule has 0 bridgehead atoms. The fraction of sp³-hybridized carbons (Fsp3) is 0.600. The number of thiophene rings is 1. The standard InChI is InChI=1S/C10H16N2S/c1-4-11-5-2-10(1)12-7-9-3-6-13-8-9/h3,6,8,10-12H,1-2,4-5,7H2. The van der Waals surface area contributed by atoms with Gasteiger partial charge in [-0.15, -0.1) is 0 Å². The Bertz CT molecular complexity index is 227. The summed E-state index contributed by atoms with van der Waals surface area (Å²) in [4.78, 5) is 0. The molecule has 2 N–H and O–H groups in total. The first-order valence-corrected chi connectivity index (χ1v) is 5.84. The first-order chi connectivity index (χ1) is 6.45. The molecule has 0 amide bonds. The third-order valence-corrected chi connectivity index (χ3v) is 3.25. The van der Waals surface area contributed by atoms with Crippen molar-refractivity contribution in [2.75, 3.05) is 13.1 Å². The van der Waals surface area contributed by atoms with Crippen LogP contribution in [0.3, 0.4) is 0 Å². The molecule has 0 spiro atoms. The van der Waals surface area contributed by atoms with Crippen LogP contribution in [-0.2, 0) is 6.54 Å². The third-order valence-electron chi connectivity index (χ3n) is 2.51. The maximum absolute atomic E-state index is 3.59. The first kappa shape index (κ1) is 9.19. The summed E-state index contributed by atoms with van der Waals surface area (Å²) < 4.78 is 0. The van der Waals surface area contributed by atoms with Crippen LogP contribution >= 0.6 is 11.3 Å². The lowest BCUT2D eigenvalue weighted by atomic mass is 10.1. The molecular weight excluding hydrogens is 180 g/mol. The Balaban J connectivity index is 1.72. The lowest BCUT2D eigenvalue weighted by Crippen LogP contribution is -2.39. The quantitative estimate of drug-likeness (QED) is 0.767. The van der Waals surface area contributed by atoms with Crippen LogP contribution < -0.4 is 10.6 Å². The molecular formula is C10H16N2S. The number of rotatable bonds is 3. The summed E-state index contributed by atoms with van der Waals surface area (Å²) in [5.41, 5.74) is 1.42. The Hall–Kier alpha value is -0.380. The van der Waals surface area contributed by atoms with E-state index in [9.17, 15) is 0 Å². The van der Waals surface area contributed by atoms with Crippen LogP contribution in [0.15, 0.2) is 16.8 Å². The zero-order valence-corrected chi connectivity index (χ0v) is 8.57. The van der Waals surface area contributed by atoms with Gasteiger partial charge in [0.15, 0.2) is 0 Å². The molecule has 0 aromatic carbocycles. The van der Waals surface area contributed by atoms with Gasteiger partial charge in [0, 0.05) is 12.6 Å². The van der Waals surface area contributed by atoms with Gasteiger partial charge in [-0.25, -0.2) is 0 Å². The fourth-order valence-corrected chi connectivity index (χ4v) is 2.35. The lowest BCUT2D eigenvalue weighted by Gasteiger charge is -2.23. The van der Waals surface area contributed by atoms with Crippen LogP contribution in [-0.4, -0.2) is 19.1 Å². The summed E-state index contributed by atoms with van der Waals surface area (Å²) in [6.07, 6.45) is 2.54. The van der Waals surface area contributed by atoms with Crippen molar-refractivity contribution >= 4 is 11.3 Å². The van der Waals surface area contributed by atoms with Crippen LogP contribution in [0, 0.1) is 0 Å². The smallest absolute Gasteiger partial charge is 0.0216 e. The van der Waals surface area contributed by atoms with E-state index in [4.69, 9.17) is 0 Å². The maximum Gasteiger partial charge on any atom is 0.0216 e. The van der Waals surface area contributed by atoms with Crippen LogP contribution in [0.4, 0.5) is 0 Å². The molecule has 1 fully saturated rings. The molecule has 2 heterocycles. The summed E-state index contributed by atoms with van der Waals surface area (Å²) >= 11 is 1.77. The van der Waals surface area contributed by atoms with Gasteiger partial charge in [0.05, 0.1) is 0 Å². The summed E-state index contributed by atoms with van der Waals surface area (Å²) in [5, 5.41) is 11.3. The van der Waals surface area contributed by atoms with Crippen LogP contribution in [0.5, 0.6) is 0 Å². The van der Waals surface area contributed by atoms with Gasteiger partial charge in [0.2, 0.25) is 0 Å². The first-order valence-electron chi connectivity index (χ1n) is 4.90. The van der Waals surface area contributed by atoms with Gasteiger partial charge in [-0.1, -0.05) is 0 Å². The van der Waals surface area contributed by atoms with Crippen molar-refractivity contribution in [3.05, 3.63) is 22.4 Å². The number of piperidine rings is 1. The molecule has 13 heavy (non-hydrogen) atoms. The van der Waals surface area contributed by atoms with Gasteiger partial charge in [-0.05, 0) is 48.3 Å². The van der Waals surface area contributed by atoms with Crippen LogP contribution in [0.25, 0.3) is 0 Å². The SMILES string of the molecule is c1cc(CNC2CCNCC2)cs1. The van der Waals surface area contributed by atoms with E-state index in [2.05, 4.69) is 27.5 Å². The average Bonchev–Trinajstić information content (AvgIpc) is 2.69. The van der Waals surface area contributed by atoms with Crippen molar-refractivity contribution in [1.29, 1.82) is 0 Å². The van der Waals surface area contributed by atoms with Gasteiger partial charge >= 0.3 is 0 Å². The van der Waals surface area contributed by atoms with E-state index in [1.165, 1.54) is 31.5 Å². The molecule has 0 atom stereocenters. The molecule has 1 aromatic rings. The second-order valence-electron chi connectivity index (χ2n) is 3.54. The lowest BCUT2D eigenvalue weighted by molar-refractivity contribution is 0.386. The minimum atomic E-state index is 0.723. The van der Waals surface area contributed by atoms with Crippen molar-refractivity contribution in [1.82, 2.24) is 10.6 Å². The molecule has 1 aliphatic heterocycles. The minimum absolute atomic E-state index is 0.723. The zero-order chi connectivity index (χ0) is 8.93. The second kappa shape index (κ2) is 4.74. The van der Waals surface area contributed by atoms with E-state index in [1.54, 1.807) is 11.3 Å². The molecule has 1 aliphatic rings. The highest BCUT2D eigenvalue weighted by molar-refractivity contribution is 7.07. The molecule has 3 heteroatoms. The van der Waals surface area contributed by atoms with E-state index < -0.39 is 0 Å². The van der Waals surface area contributed by atoms with Crippen molar-refractivity contribution < 1.29 is 0 Å². The topological polar surface area (TPSA) is 24.1 Å². The summed E-state index contributed by atoms with van der Waals surface area (Å²) in [5.74, 6) is 0. The molecule has 0 unspecified atom stereocenters. The summed E-state index contributed by atoms with van der Waals surface area (Å²) in [6.45, 7) is 3.37. The largest absolute Gasteiger partial charge is 0.317 e. The Morgan fingerprint density at radius 1 is 1.46 bits per heavy atom. The molecule has 0 radical (unpaired) electrons. The fourth-order valence-electron chi connectivity index (χ4n) is 1.68. The number of hydrogen-bond acceptors (Lipinski definition) is 3. The molecule has 1 saturated heterocycles. The van der Waals surface area contributed by atoms with E-state index in [0.29, 0.717) is 0 Å². The number of nitrogens with one attached hydrogen (secondary N) is 2. The molecule has 2 rings (SSSR count). The second-order valence-corrected chi connectivity index (χ2v) is 4.32. The van der Waals surface area contributed by atoms with E-state index in [0.717, 1.165) is 12.6 Å². The third kappa shape index (κ3) is 2.79. The zero-order valence-electron chi connectivity index (χ0n) is 7.75. The van der Waals surface area contributed by atoms with Crippen molar-refractivity contribution in [2.45, 2.75) is 25.4 Å². The Labute approximate surface area is 83.4 Å². The van der Waals surface area contributed by atoms with E-state index in [1.807, 2.05) is 0 Å². The van der Waals surface area contributed by atoms with Crippen molar-refractivity contribution in [3.63, 3.8) is 0 Å². The van der Waals surface area contributed by atoms with Gasteiger partial charge in [-0.2, -0.15) is 11.3 Å². The highest BCUT2D eigenvalue weighted by Crippen LogP contribution is 2.07. The van der Waals surface area contributed by atoms with E-state index in [-0.39, 0.29) is 0 Å². The maximum atomic E-state index is 3.59. The monoisotopic (exact) mass is 196 g/mol. The van der Waals surface area contributed by atoms with E-state index >= 15 is 0 Å². The van der Waals surface area contributed by atoms with Gasteiger partial charge < -0.3 is 10.6 Å². The van der Waals surface area contributed by atoms with Crippen molar-refractivity contribution in [3.8, 4) is 0 Å².